The molecule has 1 N–H and O–H groups in total. The van der Waals surface area contributed by atoms with E-state index in [1.54, 1.807) is 7.11 Å². The van der Waals surface area contributed by atoms with E-state index in [-0.39, 0.29) is 17.9 Å². The highest BCUT2D eigenvalue weighted by Gasteiger charge is 2.20. The lowest BCUT2D eigenvalue weighted by molar-refractivity contribution is -0.385. The second kappa shape index (κ2) is 8.08. The van der Waals surface area contributed by atoms with E-state index in [0.717, 1.165) is 12.1 Å². The van der Waals surface area contributed by atoms with Gasteiger partial charge in [-0.25, -0.2) is 4.79 Å². The van der Waals surface area contributed by atoms with Crippen LogP contribution in [-0.4, -0.2) is 49.5 Å². The number of carboxylic acids is 1. The van der Waals surface area contributed by atoms with E-state index in [0.29, 0.717) is 19.8 Å². The Balaban J connectivity index is 2.57. The van der Waals surface area contributed by atoms with Crippen molar-refractivity contribution >= 4 is 11.7 Å². The van der Waals surface area contributed by atoms with Crippen LogP contribution in [0.1, 0.15) is 10.4 Å². The van der Waals surface area contributed by atoms with Crippen molar-refractivity contribution < 1.29 is 29.0 Å². The first-order valence-corrected chi connectivity index (χ1v) is 5.77. The van der Waals surface area contributed by atoms with Crippen LogP contribution in [0.2, 0.25) is 0 Å². The van der Waals surface area contributed by atoms with Crippen molar-refractivity contribution in [1.29, 1.82) is 0 Å². The van der Waals surface area contributed by atoms with E-state index < -0.39 is 16.6 Å². The van der Waals surface area contributed by atoms with Gasteiger partial charge in [0.05, 0.1) is 30.8 Å². The van der Waals surface area contributed by atoms with Crippen LogP contribution < -0.4 is 4.74 Å². The Morgan fingerprint density at radius 2 is 2.00 bits per heavy atom. The maximum Gasteiger partial charge on any atom is 0.342 e. The van der Waals surface area contributed by atoms with Crippen LogP contribution in [0.15, 0.2) is 18.2 Å². The summed E-state index contributed by atoms with van der Waals surface area (Å²) in [4.78, 5) is 20.8. The van der Waals surface area contributed by atoms with Gasteiger partial charge in [0.15, 0.2) is 0 Å². The number of hydrogen-bond donors (Lipinski definition) is 1. The summed E-state index contributed by atoms with van der Waals surface area (Å²) in [6, 6.07) is 3.59. The number of ether oxygens (including phenoxy) is 3. The zero-order chi connectivity index (χ0) is 15.0. The molecule has 0 saturated heterocycles. The molecule has 0 aliphatic heterocycles. The van der Waals surface area contributed by atoms with Gasteiger partial charge in [-0.3, -0.25) is 10.1 Å². The third-order valence-corrected chi connectivity index (χ3v) is 2.32. The predicted molar refractivity (Wildman–Crippen MR) is 68.2 cm³/mol. The summed E-state index contributed by atoms with van der Waals surface area (Å²) in [7, 11) is 1.56. The van der Waals surface area contributed by atoms with Crippen molar-refractivity contribution in [1.82, 2.24) is 0 Å². The standard InChI is InChI=1S/C12H15NO7/c1-18-4-5-19-6-7-20-9-2-3-10(12(14)15)11(8-9)13(16)17/h2-3,8H,4-7H2,1H3,(H,14,15). The average molecular weight is 285 g/mol. The third kappa shape index (κ3) is 4.82. The number of aromatic carboxylic acids is 1. The van der Waals surface area contributed by atoms with Crippen LogP contribution in [0.3, 0.4) is 0 Å². The molecule has 1 aromatic rings. The van der Waals surface area contributed by atoms with Crippen LogP contribution in [0, 0.1) is 10.1 Å². The second-order valence-electron chi connectivity index (χ2n) is 3.69. The summed E-state index contributed by atoms with van der Waals surface area (Å²) in [6.07, 6.45) is 0. The van der Waals surface area contributed by atoms with E-state index in [1.807, 2.05) is 0 Å². The molecule has 0 heterocycles. The van der Waals surface area contributed by atoms with Gasteiger partial charge in [-0.05, 0) is 12.1 Å². The molecule has 0 amide bonds. The van der Waals surface area contributed by atoms with Crippen molar-refractivity contribution in [3.8, 4) is 5.75 Å². The largest absolute Gasteiger partial charge is 0.491 e. The van der Waals surface area contributed by atoms with Crippen LogP contribution >= 0.6 is 0 Å². The van der Waals surface area contributed by atoms with Gasteiger partial charge < -0.3 is 19.3 Å². The van der Waals surface area contributed by atoms with Gasteiger partial charge in [-0.2, -0.15) is 0 Å². The average Bonchev–Trinajstić information content (AvgIpc) is 2.42. The van der Waals surface area contributed by atoms with Gasteiger partial charge >= 0.3 is 5.97 Å². The number of benzene rings is 1. The van der Waals surface area contributed by atoms with Gasteiger partial charge in [-0.15, -0.1) is 0 Å². The third-order valence-electron chi connectivity index (χ3n) is 2.32. The molecule has 0 aliphatic rings. The molecule has 0 atom stereocenters. The molecule has 8 heteroatoms. The van der Waals surface area contributed by atoms with Crippen molar-refractivity contribution in [2.45, 2.75) is 0 Å². The molecule has 0 radical (unpaired) electrons. The number of carboxylic acid groups (broad SMARTS) is 1. The number of nitro benzene ring substituents is 1. The molecule has 1 aromatic carbocycles. The maximum atomic E-state index is 10.8. The van der Waals surface area contributed by atoms with Gasteiger partial charge in [0.2, 0.25) is 0 Å². The Kier molecular flexibility index (Phi) is 6.41. The zero-order valence-electron chi connectivity index (χ0n) is 10.9. The highest BCUT2D eigenvalue weighted by molar-refractivity contribution is 5.92. The summed E-state index contributed by atoms with van der Waals surface area (Å²) in [5, 5.41) is 19.6. The van der Waals surface area contributed by atoms with E-state index >= 15 is 0 Å². The van der Waals surface area contributed by atoms with E-state index in [2.05, 4.69) is 0 Å². The highest BCUT2D eigenvalue weighted by atomic mass is 16.6. The fourth-order valence-corrected chi connectivity index (χ4v) is 1.40. The summed E-state index contributed by atoms with van der Waals surface area (Å²) in [6.45, 7) is 1.40. The SMILES string of the molecule is COCCOCCOc1ccc(C(=O)O)c([N+](=O)[O-])c1. The number of nitrogens with zero attached hydrogens (tertiary/aromatic N) is 1. The topological polar surface area (TPSA) is 108 Å². The van der Waals surface area contributed by atoms with Crippen molar-refractivity contribution in [3.63, 3.8) is 0 Å². The van der Waals surface area contributed by atoms with Crippen LogP contribution in [0.25, 0.3) is 0 Å². The molecular weight excluding hydrogens is 270 g/mol. The number of carbonyl (C=O) groups is 1. The molecule has 0 unspecified atom stereocenters. The van der Waals surface area contributed by atoms with Crippen LogP contribution in [-0.2, 0) is 9.47 Å². The Morgan fingerprint density at radius 1 is 1.30 bits per heavy atom. The lowest BCUT2D eigenvalue weighted by atomic mass is 10.2. The number of nitro groups is 1. The molecule has 1 rings (SSSR count). The molecular formula is C12H15NO7. The van der Waals surface area contributed by atoms with Gasteiger partial charge in [0.1, 0.15) is 17.9 Å². The first kappa shape index (κ1) is 15.9. The second-order valence-corrected chi connectivity index (χ2v) is 3.69. The smallest absolute Gasteiger partial charge is 0.342 e. The van der Waals surface area contributed by atoms with Crippen molar-refractivity contribution in [2.24, 2.45) is 0 Å². The molecule has 0 spiro atoms. The first-order valence-electron chi connectivity index (χ1n) is 5.77. The molecule has 0 aliphatic carbocycles. The quantitative estimate of drug-likeness (QED) is 0.414. The number of hydrogen-bond acceptors (Lipinski definition) is 6. The minimum absolute atomic E-state index is 0.202. The summed E-state index contributed by atoms with van der Waals surface area (Å²) in [5.74, 6) is -1.14. The summed E-state index contributed by atoms with van der Waals surface area (Å²) < 4.78 is 15.2. The zero-order valence-corrected chi connectivity index (χ0v) is 10.9. The lowest BCUT2D eigenvalue weighted by Gasteiger charge is -2.07. The van der Waals surface area contributed by atoms with E-state index in [9.17, 15) is 14.9 Å². The fraction of sp³-hybridized carbons (Fsp3) is 0.417. The predicted octanol–water partition coefficient (Wildman–Crippen LogP) is 1.33. The molecule has 8 nitrogen and oxygen atoms in total. The minimum atomic E-state index is -1.36. The minimum Gasteiger partial charge on any atom is -0.491 e. The molecule has 0 bridgehead atoms. The molecule has 0 fully saturated rings. The number of rotatable bonds is 9. The van der Waals surface area contributed by atoms with Gasteiger partial charge in [0, 0.05) is 7.11 Å². The maximum absolute atomic E-state index is 10.8. The van der Waals surface area contributed by atoms with Crippen molar-refractivity contribution in [2.75, 3.05) is 33.5 Å². The molecule has 20 heavy (non-hydrogen) atoms. The first-order chi connectivity index (χ1) is 9.56. The van der Waals surface area contributed by atoms with Crippen LogP contribution in [0.5, 0.6) is 5.75 Å². The van der Waals surface area contributed by atoms with Gasteiger partial charge in [0.25, 0.3) is 5.69 Å². The Labute approximate surface area is 115 Å². The van der Waals surface area contributed by atoms with Gasteiger partial charge in [-0.1, -0.05) is 0 Å². The Morgan fingerprint density at radius 3 is 2.60 bits per heavy atom. The van der Waals surface area contributed by atoms with E-state index in [4.69, 9.17) is 19.3 Å². The summed E-state index contributed by atoms with van der Waals surface area (Å²) in [5.41, 5.74) is -0.881. The highest BCUT2D eigenvalue weighted by Crippen LogP contribution is 2.24. The Bertz CT molecular complexity index is 475. The van der Waals surface area contributed by atoms with Crippen molar-refractivity contribution in [3.05, 3.63) is 33.9 Å². The molecule has 110 valence electrons. The van der Waals surface area contributed by atoms with Crippen LogP contribution in [0.4, 0.5) is 5.69 Å². The monoisotopic (exact) mass is 285 g/mol. The molecule has 0 aromatic heterocycles. The number of methoxy groups -OCH3 is 1. The normalized spacial score (nSPS) is 10.2. The van der Waals surface area contributed by atoms with E-state index in [1.165, 1.54) is 6.07 Å². The Hall–Kier alpha value is -2.19. The lowest BCUT2D eigenvalue weighted by Crippen LogP contribution is -2.10. The summed E-state index contributed by atoms with van der Waals surface area (Å²) >= 11 is 0. The fourth-order valence-electron chi connectivity index (χ4n) is 1.40. The molecule has 0 saturated carbocycles.